The first kappa shape index (κ1) is 14.9. The van der Waals surface area contributed by atoms with Gasteiger partial charge < -0.3 is 5.32 Å². The molecule has 1 N–H and O–H groups in total. The predicted octanol–water partition coefficient (Wildman–Crippen LogP) is 2.29. The summed E-state index contributed by atoms with van der Waals surface area (Å²) in [6.45, 7) is 0. The Morgan fingerprint density at radius 2 is 2.28 bits per heavy atom. The summed E-state index contributed by atoms with van der Waals surface area (Å²) >= 11 is 5.00. The molecule has 0 spiro atoms. The molecule has 0 radical (unpaired) electrons. The molecule has 0 aliphatic heterocycles. The van der Waals surface area contributed by atoms with Crippen LogP contribution in [0.4, 0.5) is 0 Å². The van der Waals surface area contributed by atoms with Crippen LogP contribution in [0.1, 0.15) is 17.7 Å². The Hall–Kier alpha value is -1.19. The fourth-order valence-electron chi connectivity index (χ4n) is 1.49. The van der Waals surface area contributed by atoms with Gasteiger partial charge in [0.2, 0.25) is 5.91 Å². The minimum absolute atomic E-state index is 0.251. The highest BCUT2D eigenvalue weighted by atomic mass is 79.9. The Bertz CT molecular complexity index is 479. The van der Waals surface area contributed by atoms with Crippen molar-refractivity contribution >= 4 is 39.0 Å². The molecule has 96 valence electrons. The molecule has 0 unspecified atom stereocenters. The monoisotopic (exact) mass is 328 g/mol. The summed E-state index contributed by atoms with van der Waals surface area (Å²) in [5, 5.41) is 11.1. The Kier molecular flexibility index (Phi) is 6.02. The van der Waals surface area contributed by atoms with Crippen LogP contribution in [0.3, 0.4) is 0 Å². The third-order valence-corrected chi connectivity index (χ3v) is 4.12. The van der Waals surface area contributed by atoms with Crippen LogP contribution in [0.15, 0.2) is 15.9 Å². The first-order valence-corrected chi connectivity index (χ1v) is 7.07. The summed E-state index contributed by atoms with van der Waals surface area (Å²) in [6.07, 6.45) is 1.69. The van der Waals surface area contributed by atoms with E-state index in [1.807, 2.05) is 12.1 Å². The van der Waals surface area contributed by atoms with Crippen molar-refractivity contribution < 1.29 is 9.59 Å². The van der Waals surface area contributed by atoms with Crippen molar-refractivity contribution in [3.63, 3.8) is 0 Å². The Balaban J connectivity index is 2.41. The molecular formula is C12H13BrN2O2S. The maximum absolute atomic E-state index is 11.7. The second-order valence-corrected chi connectivity index (χ2v) is 6.25. The largest absolute Gasteiger partial charge is 0.358 e. The highest BCUT2D eigenvalue weighted by Gasteiger charge is 2.24. The lowest BCUT2D eigenvalue weighted by atomic mass is 10.00. The second-order valence-electron chi connectivity index (χ2n) is 3.70. The van der Waals surface area contributed by atoms with Gasteiger partial charge in [0.1, 0.15) is 0 Å². The lowest BCUT2D eigenvalue weighted by Crippen LogP contribution is -2.32. The topological polar surface area (TPSA) is 70.0 Å². The molecule has 0 saturated carbocycles. The van der Waals surface area contributed by atoms with Gasteiger partial charge in [0.15, 0.2) is 11.7 Å². The van der Waals surface area contributed by atoms with E-state index in [1.54, 1.807) is 17.4 Å². The van der Waals surface area contributed by atoms with Gasteiger partial charge in [-0.25, -0.2) is 0 Å². The number of rotatable bonds is 6. The number of nitriles is 1. The van der Waals surface area contributed by atoms with E-state index in [9.17, 15) is 9.59 Å². The van der Waals surface area contributed by atoms with E-state index >= 15 is 0 Å². The number of carbonyl (C=O) groups excluding carboxylic acids is 2. The van der Waals surface area contributed by atoms with E-state index in [-0.39, 0.29) is 12.2 Å². The van der Waals surface area contributed by atoms with Crippen molar-refractivity contribution in [1.82, 2.24) is 5.32 Å². The number of hydrogen-bond acceptors (Lipinski definition) is 4. The van der Waals surface area contributed by atoms with Gasteiger partial charge >= 0.3 is 0 Å². The summed E-state index contributed by atoms with van der Waals surface area (Å²) in [4.78, 5) is 24.1. The predicted molar refractivity (Wildman–Crippen MR) is 73.1 cm³/mol. The van der Waals surface area contributed by atoms with Crippen molar-refractivity contribution in [3.8, 4) is 6.07 Å². The molecule has 1 aromatic heterocycles. The van der Waals surface area contributed by atoms with E-state index in [4.69, 9.17) is 5.26 Å². The SMILES string of the molecule is CNC(=O)[C@H](C#N)C(=O)CCCc1ccc(Br)s1. The minimum Gasteiger partial charge on any atom is -0.358 e. The van der Waals surface area contributed by atoms with Crippen LogP contribution in [-0.2, 0) is 16.0 Å². The molecule has 0 aliphatic rings. The van der Waals surface area contributed by atoms with Gasteiger partial charge in [-0.15, -0.1) is 11.3 Å². The van der Waals surface area contributed by atoms with Crippen molar-refractivity contribution in [2.24, 2.45) is 5.92 Å². The quantitative estimate of drug-likeness (QED) is 0.814. The number of carbonyl (C=O) groups is 2. The summed E-state index contributed by atoms with van der Waals surface area (Å²) < 4.78 is 1.06. The van der Waals surface area contributed by atoms with Gasteiger partial charge in [0.05, 0.1) is 9.86 Å². The van der Waals surface area contributed by atoms with Crippen LogP contribution >= 0.6 is 27.3 Å². The summed E-state index contributed by atoms with van der Waals surface area (Å²) in [5.74, 6) is -2.01. The van der Waals surface area contributed by atoms with Crippen molar-refractivity contribution in [3.05, 3.63) is 20.8 Å². The number of ketones is 1. The third-order valence-electron chi connectivity index (χ3n) is 2.43. The van der Waals surface area contributed by atoms with Crippen molar-refractivity contribution in [2.75, 3.05) is 7.05 Å². The Morgan fingerprint density at radius 3 is 2.78 bits per heavy atom. The fourth-order valence-corrected chi connectivity index (χ4v) is 3.01. The molecule has 1 amide bonds. The molecule has 18 heavy (non-hydrogen) atoms. The molecule has 6 heteroatoms. The van der Waals surface area contributed by atoms with Crippen molar-refractivity contribution in [2.45, 2.75) is 19.3 Å². The highest BCUT2D eigenvalue weighted by molar-refractivity contribution is 9.11. The molecule has 1 heterocycles. The standard InChI is InChI=1S/C12H13BrN2O2S/c1-15-12(17)9(7-14)10(16)4-2-3-8-5-6-11(13)18-8/h5-6,9H,2-4H2,1H3,(H,15,17)/t9-/m1/s1. The number of amides is 1. The normalized spacial score (nSPS) is 11.6. The fraction of sp³-hybridized carbons (Fsp3) is 0.417. The number of nitrogens with zero attached hydrogens (tertiary/aromatic N) is 1. The summed E-state index contributed by atoms with van der Waals surface area (Å²) in [6, 6.07) is 5.70. The number of halogens is 1. The molecule has 1 rings (SSSR count). The molecule has 0 aromatic carbocycles. The third kappa shape index (κ3) is 4.24. The maximum Gasteiger partial charge on any atom is 0.244 e. The summed E-state index contributed by atoms with van der Waals surface area (Å²) in [5.41, 5.74) is 0. The first-order valence-electron chi connectivity index (χ1n) is 5.46. The van der Waals surface area contributed by atoms with Crippen molar-refractivity contribution in [1.29, 1.82) is 5.26 Å². The zero-order valence-corrected chi connectivity index (χ0v) is 12.3. The molecule has 0 fully saturated rings. The lowest BCUT2D eigenvalue weighted by molar-refractivity contribution is -0.131. The molecule has 1 atom stereocenters. The molecule has 0 aliphatic carbocycles. The number of hydrogen-bond donors (Lipinski definition) is 1. The maximum atomic E-state index is 11.7. The summed E-state index contributed by atoms with van der Waals surface area (Å²) in [7, 11) is 1.42. The van der Waals surface area contributed by atoms with Gasteiger partial charge in [-0.1, -0.05) is 0 Å². The van der Waals surface area contributed by atoms with Crippen LogP contribution in [0.25, 0.3) is 0 Å². The molecule has 0 bridgehead atoms. The first-order chi connectivity index (χ1) is 8.58. The van der Waals surface area contributed by atoms with E-state index in [0.717, 1.165) is 10.2 Å². The van der Waals surface area contributed by atoms with E-state index in [0.29, 0.717) is 6.42 Å². The van der Waals surface area contributed by atoms with Gasteiger partial charge in [-0.2, -0.15) is 5.26 Å². The average molecular weight is 329 g/mol. The van der Waals surface area contributed by atoms with Gasteiger partial charge in [0.25, 0.3) is 0 Å². The van der Waals surface area contributed by atoms with Crippen LogP contribution in [0.5, 0.6) is 0 Å². The molecular weight excluding hydrogens is 316 g/mol. The zero-order valence-electron chi connectivity index (χ0n) is 9.90. The molecule has 0 saturated heterocycles. The van der Waals surface area contributed by atoms with E-state index in [2.05, 4.69) is 21.2 Å². The van der Waals surface area contributed by atoms with Gasteiger partial charge in [-0.3, -0.25) is 9.59 Å². The average Bonchev–Trinajstić information content (AvgIpc) is 2.75. The number of aryl methyl sites for hydroxylation is 1. The van der Waals surface area contributed by atoms with E-state index < -0.39 is 11.8 Å². The van der Waals surface area contributed by atoms with Crippen LogP contribution in [0, 0.1) is 17.2 Å². The highest BCUT2D eigenvalue weighted by Crippen LogP contribution is 2.23. The smallest absolute Gasteiger partial charge is 0.244 e. The molecule has 4 nitrogen and oxygen atoms in total. The van der Waals surface area contributed by atoms with E-state index in [1.165, 1.54) is 11.9 Å². The lowest BCUT2D eigenvalue weighted by Gasteiger charge is -2.05. The van der Waals surface area contributed by atoms with Gasteiger partial charge in [0, 0.05) is 18.3 Å². The number of thiophene rings is 1. The van der Waals surface area contributed by atoms with Crippen LogP contribution < -0.4 is 5.32 Å². The zero-order chi connectivity index (χ0) is 13.5. The Morgan fingerprint density at radius 1 is 1.56 bits per heavy atom. The number of nitrogens with one attached hydrogen (secondary N) is 1. The second kappa shape index (κ2) is 7.29. The number of Topliss-reactive ketones (excluding diaryl/α,β-unsaturated/α-hetero) is 1. The Labute approximate surface area is 118 Å². The van der Waals surface area contributed by atoms with Crippen LogP contribution in [-0.4, -0.2) is 18.7 Å². The molecule has 1 aromatic rings. The van der Waals surface area contributed by atoms with Gasteiger partial charge in [-0.05, 0) is 40.9 Å². The van der Waals surface area contributed by atoms with Crippen LogP contribution in [0.2, 0.25) is 0 Å². The minimum atomic E-state index is -1.18.